The van der Waals surface area contributed by atoms with Gasteiger partial charge in [0.25, 0.3) is 5.91 Å². The number of amides is 2. The molecule has 6 nitrogen and oxygen atoms in total. The molecule has 3 unspecified atom stereocenters. The first-order chi connectivity index (χ1) is 10.6. The molecule has 116 valence electrons. The Hall–Kier alpha value is -2.21. The molecule has 0 spiro atoms. The minimum Gasteiger partial charge on any atom is -0.369 e. The van der Waals surface area contributed by atoms with E-state index in [0.717, 1.165) is 17.7 Å². The van der Waals surface area contributed by atoms with Gasteiger partial charge in [0.2, 0.25) is 5.91 Å². The van der Waals surface area contributed by atoms with Crippen molar-refractivity contribution in [3.8, 4) is 0 Å². The minimum atomic E-state index is -0.477. The van der Waals surface area contributed by atoms with Gasteiger partial charge in [-0.25, -0.2) is 5.43 Å². The lowest BCUT2D eigenvalue weighted by Crippen LogP contribution is -2.29. The number of carbonyl (C=O) groups is 2. The first kappa shape index (κ1) is 14.7. The summed E-state index contributed by atoms with van der Waals surface area (Å²) in [5, 5.41) is 6.97. The van der Waals surface area contributed by atoms with Gasteiger partial charge in [-0.05, 0) is 38.0 Å². The van der Waals surface area contributed by atoms with E-state index in [-0.39, 0.29) is 23.7 Å². The van der Waals surface area contributed by atoms with E-state index < -0.39 is 6.10 Å². The molecule has 0 saturated heterocycles. The minimum absolute atomic E-state index is 0.0162. The van der Waals surface area contributed by atoms with Crippen LogP contribution >= 0.6 is 0 Å². The molecule has 6 heteroatoms. The Kier molecular flexibility index (Phi) is 3.94. The molecule has 1 heterocycles. The van der Waals surface area contributed by atoms with Crippen LogP contribution in [0.2, 0.25) is 0 Å². The van der Waals surface area contributed by atoms with Crippen molar-refractivity contribution in [2.24, 2.45) is 16.9 Å². The Morgan fingerprint density at radius 3 is 2.82 bits per heavy atom. The Balaban J connectivity index is 1.66. The highest BCUT2D eigenvalue weighted by molar-refractivity contribution is 6.09. The number of rotatable bonds is 5. The fraction of sp³-hybridized carbons (Fsp3) is 0.438. The largest absolute Gasteiger partial charge is 0.369 e. The summed E-state index contributed by atoms with van der Waals surface area (Å²) in [5.74, 6) is 0.174. The number of anilines is 1. The van der Waals surface area contributed by atoms with Gasteiger partial charge in [0.1, 0.15) is 6.10 Å². The van der Waals surface area contributed by atoms with Crippen molar-refractivity contribution < 1.29 is 14.3 Å². The van der Waals surface area contributed by atoms with E-state index in [4.69, 9.17) is 4.74 Å². The van der Waals surface area contributed by atoms with Gasteiger partial charge in [-0.2, -0.15) is 5.10 Å². The Morgan fingerprint density at radius 2 is 2.14 bits per heavy atom. The van der Waals surface area contributed by atoms with Gasteiger partial charge in [0.15, 0.2) is 0 Å². The van der Waals surface area contributed by atoms with Crippen LogP contribution in [0.15, 0.2) is 29.4 Å². The highest BCUT2D eigenvalue weighted by Crippen LogP contribution is 2.43. The molecule has 1 aliphatic carbocycles. The van der Waals surface area contributed by atoms with Crippen LogP contribution < -0.4 is 10.7 Å². The zero-order valence-corrected chi connectivity index (χ0v) is 12.6. The summed E-state index contributed by atoms with van der Waals surface area (Å²) in [6, 6.07) is 7.49. The van der Waals surface area contributed by atoms with Crippen LogP contribution in [0.25, 0.3) is 0 Å². The zero-order valence-electron chi connectivity index (χ0n) is 12.6. The molecular weight excluding hydrogens is 282 g/mol. The number of hydrogen-bond donors (Lipinski definition) is 2. The van der Waals surface area contributed by atoms with Crippen molar-refractivity contribution in [2.75, 3.05) is 11.9 Å². The Labute approximate surface area is 128 Å². The molecule has 2 aliphatic rings. The average Bonchev–Trinajstić information content (AvgIpc) is 3.30. The van der Waals surface area contributed by atoms with Crippen LogP contribution in [-0.2, 0) is 14.3 Å². The van der Waals surface area contributed by atoms with Gasteiger partial charge in [0.05, 0.1) is 5.71 Å². The number of carbonyl (C=O) groups excluding carboxylic acids is 2. The predicted octanol–water partition coefficient (Wildman–Crippen LogP) is 1.52. The van der Waals surface area contributed by atoms with Crippen LogP contribution in [0.1, 0.15) is 25.8 Å². The fourth-order valence-corrected chi connectivity index (χ4v) is 2.64. The van der Waals surface area contributed by atoms with Crippen molar-refractivity contribution in [3.63, 3.8) is 0 Å². The van der Waals surface area contributed by atoms with Crippen molar-refractivity contribution in [1.82, 2.24) is 5.43 Å². The molecule has 0 radical (unpaired) electrons. The summed E-state index contributed by atoms with van der Waals surface area (Å²) < 4.78 is 5.25. The van der Waals surface area contributed by atoms with Gasteiger partial charge < -0.3 is 10.1 Å². The number of ether oxygens (including phenoxy) is 1. The number of fused-ring (bicyclic) bond motifs is 1. The zero-order chi connectivity index (χ0) is 15.7. The molecule has 1 aliphatic heterocycles. The second kappa shape index (κ2) is 5.88. The SMILES string of the molecule is CCOC(C)C(=O)Nc1ccc(C2=NNC(=O)C3CC23)cc1. The van der Waals surface area contributed by atoms with Gasteiger partial charge in [0, 0.05) is 24.1 Å². The molecule has 2 N–H and O–H groups in total. The maximum absolute atomic E-state index is 11.9. The van der Waals surface area contributed by atoms with E-state index in [1.54, 1.807) is 6.92 Å². The van der Waals surface area contributed by atoms with E-state index in [2.05, 4.69) is 15.8 Å². The van der Waals surface area contributed by atoms with Crippen LogP contribution in [0.3, 0.4) is 0 Å². The van der Waals surface area contributed by atoms with E-state index >= 15 is 0 Å². The molecule has 3 rings (SSSR count). The van der Waals surface area contributed by atoms with Crippen LogP contribution in [0, 0.1) is 11.8 Å². The number of hydrazone groups is 1. The van der Waals surface area contributed by atoms with Crippen molar-refractivity contribution in [1.29, 1.82) is 0 Å². The lowest BCUT2D eigenvalue weighted by molar-refractivity contribution is -0.126. The Morgan fingerprint density at radius 1 is 1.41 bits per heavy atom. The first-order valence-corrected chi connectivity index (χ1v) is 7.50. The second-order valence-corrected chi connectivity index (χ2v) is 5.59. The van der Waals surface area contributed by atoms with Crippen molar-refractivity contribution in [3.05, 3.63) is 29.8 Å². The molecule has 1 saturated carbocycles. The summed E-state index contributed by atoms with van der Waals surface area (Å²) in [5.41, 5.74) is 5.17. The van der Waals surface area contributed by atoms with Gasteiger partial charge >= 0.3 is 0 Å². The van der Waals surface area contributed by atoms with Crippen molar-refractivity contribution in [2.45, 2.75) is 26.4 Å². The standard InChI is InChI=1S/C16H19N3O3/c1-3-22-9(2)15(20)17-11-6-4-10(5-7-11)14-12-8-13(12)16(21)19-18-14/h4-7,9,12-13H,3,8H2,1-2H3,(H,17,20)(H,19,21). The fourth-order valence-electron chi connectivity index (χ4n) is 2.64. The maximum atomic E-state index is 11.9. The molecule has 22 heavy (non-hydrogen) atoms. The van der Waals surface area contributed by atoms with Crippen molar-refractivity contribution >= 4 is 23.2 Å². The van der Waals surface area contributed by atoms with Gasteiger partial charge in [-0.3, -0.25) is 9.59 Å². The highest BCUT2D eigenvalue weighted by atomic mass is 16.5. The number of nitrogens with zero attached hydrogens (tertiary/aromatic N) is 1. The molecule has 0 bridgehead atoms. The lowest BCUT2D eigenvalue weighted by Gasteiger charge is -2.14. The Bertz CT molecular complexity index is 624. The summed E-state index contributed by atoms with van der Waals surface area (Å²) in [6.07, 6.45) is 0.393. The van der Waals surface area contributed by atoms with E-state index in [1.807, 2.05) is 31.2 Å². The van der Waals surface area contributed by atoms with E-state index in [0.29, 0.717) is 12.3 Å². The molecule has 3 atom stereocenters. The first-order valence-electron chi connectivity index (χ1n) is 7.50. The molecule has 1 fully saturated rings. The quantitative estimate of drug-likeness (QED) is 0.865. The number of nitrogens with one attached hydrogen (secondary N) is 2. The lowest BCUT2D eigenvalue weighted by atomic mass is 10.0. The molecule has 1 aromatic carbocycles. The summed E-state index contributed by atoms with van der Waals surface area (Å²) in [4.78, 5) is 23.3. The predicted molar refractivity (Wildman–Crippen MR) is 82.4 cm³/mol. The smallest absolute Gasteiger partial charge is 0.253 e. The average molecular weight is 301 g/mol. The van der Waals surface area contributed by atoms with Crippen LogP contribution in [0.4, 0.5) is 5.69 Å². The monoisotopic (exact) mass is 301 g/mol. The molecular formula is C16H19N3O3. The van der Waals surface area contributed by atoms with Gasteiger partial charge in [-0.1, -0.05) is 12.1 Å². The summed E-state index contributed by atoms with van der Waals surface area (Å²) in [7, 11) is 0. The molecule has 2 amide bonds. The third-order valence-electron chi connectivity index (χ3n) is 4.00. The maximum Gasteiger partial charge on any atom is 0.253 e. The van der Waals surface area contributed by atoms with E-state index in [9.17, 15) is 9.59 Å². The second-order valence-electron chi connectivity index (χ2n) is 5.59. The highest BCUT2D eigenvalue weighted by Gasteiger charge is 2.49. The number of benzene rings is 1. The van der Waals surface area contributed by atoms with Crippen LogP contribution in [-0.4, -0.2) is 30.2 Å². The van der Waals surface area contributed by atoms with Crippen LogP contribution in [0.5, 0.6) is 0 Å². The molecule has 0 aromatic heterocycles. The normalized spacial score (nSPS) is 23.9. The van der Waals surface area contributed by atoms with Gasteiger partial charge in [-0.15, -0.1) is 0 Å². The number of hydrogen-bond acceptors (Lipinski definition) is 4. The summed E-state index contributed by atoms with van der Waals surface area (Å²) in [6.45, 7) is 4.08. The van der Waals surface area contributed by atoms with E-state index in [1.165, 1.54) is 0 Å². The topological polar surface area (TPSA) is 79.8 Å². The third kappa shape index (κ3) is 2.87. The summed E-state index contributed by atoms with van der Waals surface area (Å²) >= 11 is 0. The third-order valence-corrected chi connectivity index (χ3v) is 4.00. The molecule has 1 aromatic rings.